The predicted molar refractivity (Wildman–Crippen MR) is 95.2 cm³/mol. The molecule has 3 aromatic rings. The third-order valence-electron chi connectivity index (χ3n) is 4.52. The first-order valence-electron chi connectivity index (χ1n) is 8.35. The third-order valence-corrected chi connectivity index (χ3v) is 4.52. The average Bonchev–Trinajstić information content (AvgIpc) is 3.15. The lowest BCUT2D eigenvalue weighted by Gasteiger charge is -2.29. The monoisotopic (exact) mass is 333 g/mol. The van der Waals surface area contributed by atoms with E-state index in [1.54, 1.807) is 37.1 Å². The van der Waals surface area contributed by atoms with Crippen LogP contribution in [0.4, 0.5) is 5.69 Å². The Hall–Kier alpha value is -2.92. The second-order valence-electron chi connectivity index (χ2n) is 6.23. The molecule has 1 aromatic carbocycles. The standard InChI is InChI=1S/C20H19N3O2/c24-20(16-4-8-21-9-5-16)22-19-3-1-2-17-13-23(10-6-18(17)19)12-15-7-11-25-14-15/h1-5,7-9,11,14H,6,10,12-13H2,(H,22,24). The number of carbonyl (C=O) groups is 1. The summed E-state index contributed by atoms with van der Waals surface area (Å²) in [5, 5.41) is 3.05. The molecule has 5 nitrogen and oxygen atoms in total. The van der Waals surface area contributed by atoms with Gasteiger partial charge in [-0.2, -0.15) is 0 Å². The SMILES string of the molecule is O=C(Nc1cccc2c1CCN(Cc1ccoc1)C2)c1ccncc1. The molecule has 0 fully saturated rings. The number of fused-ring (bicyclic) bond motifs is 1. The van der Waals surface area contributed by atoms with Crippen LogP contribution in [0.1, 0.15) is 27.0 Å². The fourth-order valence-corrected chi connectivity index (χ4v) is 3.26. The van der Waals surface area contributed by atoms with Gasteiger partial charge in [-0.3, -0.25) is 14.7 Å². The van der Waals surface area contributed by atoms with Gasteiger partial charge in [0.15, 0.2) is 0 Å². The number of nitrogens with one attached hydrogen (secondary N) is 1. The highest BCUT2D eigenvalue weighted by Gasteiger charge is 2.20. The number of nitrogens with zero attached hydrogens (tertiary/aromatic N) is 2. The van der Waals surface area contributed by atoms with Gasteiger partial charge in [0.2, 0.25) is 0 Å². The van der Waals surface area contributed by atoms with Crippen molar-refractivity contribution in [3.8, 4) is 0 Å². The summed E-state index contributed by atoms with van der Waals surface area (Å²) < 4.78 is 5.15. The number of hydrogen-bond donors (Lipinski definition) is 1. The largest absolute Gasteiger partial charge is 0.472 e. The third kappa shape index (κ3) is 3.46. The number of amides is 1. The van der Waals surface area contributed by atoms with Crippen LogP contribution < -0.4 is 5.32 Å². The molecular formula is C20H19N3O2. The van der Waals surface area contributed by atoms with E-state index in [2.05, 4.69) is 21.3 Å². The highest BCUT2D eigenvalue weighted by molar-refractivity contribution is 6.04. The number of anilines is 1. The van der Waals surface area contributed by atoms with Gasteiger partial charge in [0.25, 0.3) is 5.91 Å². The molecule has 4 rings (SSSR count). The van der Waals surface area contributed by atoms with E-state index in [1.807, 2.05) is 18.2 Å². The minimum absolute atomic E-state index is 0.100. The van der Waals surface area contributed by atoms with Crippen molar-refractivity contribution in [3.63, 3.8) is 0 Å². The molecule has 0 radical (unpaired) electrons. The van der Waals surface area contributed by atoms with Crippen LogP contribution in [0.3, 0.4) is 0 Å². The van der Waals surface area contributed by atoms with Gasteiger partial charge in [-0.1, -0.05) is 12.1 Å². The van der Waals surface area contributed by atoms with Crippen molar-refractivity contribution in [2.24, 2.45) is 0 Å². The molecule has 2 aromatic heterocycles. The average molecular weight is 333 g/mol. The smallest absolute Gasteiger partial charge is 0.255 e. The fraction of sp³-hybridized carbons (Fsp3) is 0.200. The Morgan fingerprint density at radius 3 is 2.88 bits per heavy atom. The number of pyridine rings is 1. The van der Waals surface area contributed by atoms with Crippen LogP contribution in [0.25, 0.3) is 0 Å². The van der Waals surface area contributed by atoms with Gasteiger partial charge in [-0.25, -0.2) is 0 Å². The summed E-state index contributed by atoms with van der Waals surface area (Å²) in [4.78, 5) is 18.8. The van der Waals surface area contributed by atoms with E-state index in [0.29, 0.717) is 5.56 Å². The molecular weight excluding hydrogens is 314 g/mol. The van der Waals surface area contributed by atoms with Gasteiger partial charge >= 0.3 is 0 Å². The second kappa shape index (κ2) is 6.91. The van der Waals surface area contributed by atoms with Gasteiger partial charge in [0, 0.05) is 48.8 Å². The number of aromatic nitrogens is 1. The van der Waals surface area contributed by atoms with Gasteiger partial charge in [-0.15, -0.1) is 0 Å². The molecule has 0 unspecified atom stereocenters. The van der Waals surface area contributed by atoms with E-state index in [0.717, 1.165) is 31.7 Å². The summed E-state index contributed by atoms with van der Waals surface area (Å²) in [6.45, 7) is 2.71. The minimum atomic E-state index is -0.100. The number of furan rings is 1. The quantitative estimate of drug-likeness (QED) is 0.794. The van der Waals surface area contributed by atoms with E-state index < -0.39 is 0 Å². The van der Waals surface area contributed by atoms with Crippen LogP contribution in [0, 0.1) is 0 Å². The molecule has 1 N–H and O–H groups in total. The molecule has 0 saturated carbocycles. The normalized spacial score (nSPS) is 14.1. The van der Waals surface area contributed by atoms with Crippen LogP contribution in [0.2, 0.25) is 0 Å². The first-order chi connectivity index (χ1) is 12.3. The molecule has 0 saturated heterocycles. The van der Waals surface area contributed by atoms with Gasteiger partial charge in [-0.05, 0) is 41.8 Å². The van der Waals surface area contributed by atoms with Crippen molar-refractivity contribution in [1.29, 1.82) is 0 Å². The highest BCUT2D eigenvalue weighted by Crippen LogP contribution is 2.27. The zero-order chi connectivity index (χ0) is 17.1. The van der Waals surface area contributed by atoms with Crippen LogP contribution in [0.5, 0.6) is 0 Å². The zero-order valence-corrected chi connectivity index (χ0v) is 13.8. The predicted octanol–water partition coefficient (Wildman–Crippen LogP) is 3.49. The molecule has 1 amide bonds. The van der Waals surface area contributed by atoms with Crippen molar-refractivity contribution < 1.29 is 9.21 Å². The second-order valence-corrected chi connectivity index (χ2v) is 6.23. The van der Waals surface area contributed by atoms with E-state index in [4.69, 9.17) is 4.42 Å². The molecule has 0 aliphatic carbocycles. The van der Waals surface area contributed by atoms with Crippen LogP contribution >= 0.6 is 0 Å². The molecule has 126 valence electrons. The zero-order valence-electron chi connectivity index (χ0n) is 13.8. The molecule has 0 spiro atoms. The van der Waals surface area contributed by atoms with Crippen molar-refractivity contribution in [2.45, 2.75) is 19.5 Å². The molecule has 0 atom stereocenters. The fourth-order valence-electron chi connectivity index (χ4n) is 3.26. The molecule has 1 aliphatic rings. The minimum Gasteiger partial charge on any atom is -0.472 e. The summed E-state index contributed by atoms with van der Waals surface area (Å²) in [5.41, 5.74) is 5.20. The van der Waals surface area contributed by atoms with Gasteiger partial charge in [0.1, 0.15) is 0 Å². The Kier molecular flexibility index (Phi) is 4.31. The van der Waals surface area contributed by atoms with Crippen LogP contribution in [-0.2, 0) is 19.5 Å². The lowest BCUT2D eigenvalue weighted by Crippen LogP contribution is -2.30. The van der Waals surface area contributed by atoms with E-state index in [-0.39, 0.29) is 5.91 Å². The Morgan fingerprint density at radius 2 is 2.08 bits per heavy atom. The number of hydrogen-bond acceptors (Lipinski definition) is 4. The summed E-state index contributed by atoms with van der Waals surface area (Å²) in [6.07, 6.45) is 7.67. The maximum Gasteiger partial charge on any atom is 0.255 e. The van der Waals surface area contributed by atoms with Crippen molar-refractivity contribution in [3.05, 3.63) is 83.6 Å². The maximum atomic E-state index is 12.4. The summed E-state index contributed by atoms with van der Waals surface area (Å²) in [6, 6.07) is 11.6. The van der Waals surface area contributed by atoms with Crippen molar-refractivity contribution in [2.75, 3.05) is 11.9 Å². The van der Waals surface area contributed by atoms with Crippen LogP contribution in [0.15, 0.2) is 65.7 Å². The summed E-state index contributed by atoms with van der Waals surface area (Å²) >= 11 is 0. The number of benzene rings is 1. The first kappa shape index (κ1) is 15.6. The lowest BCUT2D eigenvalue weighted by atomic mass is 9.97. The van der Waals surface area contributed by atoms with Crippen LogP contribution in [-0.4, -0.2) is 22.3 Å². The van der Waals surface area contributed by atoms with Crippen molar-refractivity contribution in [1.82, 2.24) is 9.88 Å². The Morgan fingerprint density at radius 1 is 1.20 bits per heavy atom. The first-order valence-corrected chi connectivity index (χ1v) is 8.35. The molecule has 3 heterocycles. The Labute approximate surface area is 146 Å². The van der Waals surface area contributed by atoms with Crippen molar-refractivity contribution >= 4 is 11.6 Å². The molecule has 25 heavy (non-hydrogen) atoms. The van der Waals surface area contributed by atoms with E-state index in [9.17, 15) is 4.79 Å². The van der Waals surface area contributed by atoms with Gasteiger partial charge < -0.3 is 9.73 Å². The van der Waals surface area contributed by atoms with E-state index >= 15 is 0 Å². The topological polar surface area (TPSA) is 58.4 Å². The summed E-state index contributed by atoms with van der Waals surface area (Å²) in [5.74, 6) is -0.100. The summed E-state index contributed by atoms with van der Waals surface area (Å²) in [7, 11) is 0. The van der Waals surface area contributed by atoms with Gasteiger partial charge in [0.05, 0.1) is 12.5 Å². The van der Waals surface area contributed by atoms with E-state index in [1.165, 1.54) is 16.7 Å². The maximum absolute atomic E-state index is 12.4. The number of rotatable bonds is 4. The Bertz CT molecular complexity index is 860. The number of carbonyl (C=O) groups excluding carboxylic acids is 1. The molecule has 1 aliphatic heterocycles. The lowest BCUT2D eigenvalue weighted by molar-refractivity contribution is 0.102. The molecule has 0 bridgehead atoms. The highest BCUT2D eigenvalue weighted by atomic mass is 16.3. The molecule has 5 heteroatoms. The Balaban J connectivity index is 1.50.